The quantitative estimate of drug-likeness (QED) is 0.611. The molecule has 3 heterocycles. The van der Waals surface area contributed by atoms with E-state index in [1.165, 1.54) is 0 Å². The monoisotopic (exact) mass is 377 g/mol. The molecule has 0 atom stereocenters. The highest BCUT2D eigenvalue weighted by molar-refractivity contribution is 7.10. The Kier molecular flexibility index (Phi) is 5.49. The third kappa shape index (κ3) is 4.37. The Morgan fingerprint density at radius 2 is 1.96 bits per heavy atom. The molecule has 0 N–H and O–H groups in total. The molecule has 4 rings (SSSR count). The van der Waals surface area contributed by atoms with E-state index in [1.807, 2.05) is 52.9 Å². The number of rotatable bonds is 5. The van der Waals surface area contributed by atoms with Crippen molar-refractivity contribution in [2.24, 2.45) is 5.92 Å². The van der Waals surface area contributed by atoms with Gasteiger partial charge >= 0.3 is 0 Å². The molecule has 3 aromatic rings. The van der Waals surface area contributed by atoms with Gasteiger partial charge < -0.3 is 9.47 Å². The summed E-state index contributed by atoms with van der Waals surface area (Å²) >= 11 is 1.65. The highest BCUT2D eigenvalue weighted by Crippen LogP contribution is 2.23. The lowest BCUT2D eigenvalue weighted by Crippen LogP contribution is -2.38. The minimum absolute atomic E-state index is 0.120. The Morgan fingerprint density at radius 3 is 2.70 bits per heavy atom. The van der Waals surface area contributed by atoms with Gasteiger partial charge in [0.05, 0.1) is 0 Å². The van der Waals surface area contributed by atoms with Crippen LogP contribution in [0.4, 0.5) is 0 Å². The van der Waals surface area contributed by atoms with Crippen LogP contribution in [0, 0.1) is 5.92 Å². The van der Waals surface area contributed by atoms with Crippen LogP contribution in [-0.2, 0) is 11.3 Å². The number of imidazole rings is 1. The molecule has 2 aromatic heterocycles. The molecular weight excluding hydrogens is 354 g/mol. The predicted molar refractivity (Wildman–Crippen MR) is 110 cm³/mol. The maximum absolute atomic E-state index is 12.4. The van der Waals surface area contributed by atoms with Crippen LogP contribution in [0.5, 0.6) is 0 Å². The number of hydrogen-bond donors (Lipinski definition) is 0. The number of likely N-dealkylation sites (tertiary alicyclic amines) is 1. The maximum Gasteiger partial charge on any atom is 0.246 e. The zero-order valence-corrected chi connectivity index (χ0v) is 16.0. The summed E-state index contributed by atoms with van der Waals surface area (Å²) in [7, 11) is 0. The highest BCUT2D eigenvalue weighted by atomic mass is 32.1. The Morgan fingerprint density at radius 1 is 1.15 bits per heavy atom. The number of hydrogen-bond acceptors (Lipinski definition) is 3. The van der Waals surface area contributed by atoms with Crippen LogP contribution in [0.1, 0.15) is 17.7 Å². The molecule has 0 radical (unpaired) electrons. The van der Waals surface area contributed by atoms with E-state index in [-0.39, 0.29) is 5.91 Å². The van der Waals surface area contributed by atoms with E-state index in [1.54, 1.807) is 17.4 Å². The second-order valence-corrected chi connectivity index (χ2v) is 7.87. The number of carbonyl (C=O) groups excluding carboxylic acids is 1. The average molecular weight is 378 g/mol. The lowest BCUT2D eigenvalue weighted by molar-refractivity contribution is -0.127. The molecule has 1 amide bonds. The molecule has 27 heavy (non-hydrogen) atoms. The second-order valence-electron chi connectivity index (χ2n) is 6.89. The van der Waals surface area contributed by atoms with Crippen molar-refractivity contribution in [2.75, 3.05) is 13.1 Å². The molecule has 5 heteroatoms. The molecule has 138 valence electrons. The van der Waals surface area contributed by atoms with Gasteiger partial charge in [-0.3, -0.25) is 4.79 Å². The number of amides is 1. The number of thiophene rings is 1. The number of benzene rings is 1. The molecular formula is C22H23N3OS. The first-order valence-corrected chi connectivity index (χ1v) is 10.2. The summed E-state index contributed by atoms with van der Waals surface area (Å²) in [4.78, 5) is 20.0. The lowest BCUT2D eigenvalue weighted by atomic mass is 9.96. The van der Waals surface area contributed by atoms with Crippen molar-refractivity contribution in [3.63, 3.8) is 0 Å². The topological polar surface area (TPSA) is 38.1 Å². The molecule has 1 aliphatic rings. The van der Waals surface area contributed by atoms with Crippen molar-refractivity contribution in [1.29, 1.82) is 0 Å². The third-order valence-corrected chi connectivity index (χ3v) is 5.90. The summed E-state index contributed by atoms with van der Waals surface area (Å²) in [5, 5.41) is 2.02. The van der Waals surface area contributed by atoms with Crippen molar-refractivity contribution in [3.05, 3.63) is 71.2 Å². The number of piperidine rings is 1. The van der Waals surface area contributed by atoms with Gasteiger partial charge in [-0.1, -0.05) is 36.4 Å². The molecule has 0 spiro atoms. The maximum atomic E-state index is 12.4. The van der Waals surface area contributed by atoms with Crippen molar-refractivity contribution in [2.45, 2.75) is 19.4 Å². The number of nitrogens with zero attached hydrogens (tertiary/aromatic N) is 3. The highest BCUT2D eigenvalue weighted by Gasteiger charge is 2.22. The van der Waals surface area contributed by atoms with Gasteiger partial charge in [-0.15, -0.1) is 11.3 Å². The summed E-state index contributed by atoms with van der Waals surface area (Å²) in [6, 6.07) is 14.3. The first kappa shape index (κ1) is 17.7. The Labute approximate surface area is 163 Å². The zero-order chi connectivity index (χ0) is 18.5. The number of carbonyl (C=O) groups is 1. The van der Waals surface area contributed by atoms with E-state index in [0.29, 0.717) is 5.92 Å². The van der Waals surface area contributed by atoms with E-state index in [9.17, 15) is 4.79 Å². The standard InChI is InChI=1S/C22H23N3OS/c26-21(9-8-20-7-4-16-27-20)24-13-10-18(11-14-24)17-25-15-12-23-22(25)19-5-2-1-3-6-19/h1-9,12,15-16,18H,10-11,13-14,17H2. The van der Waals surface area contributed by atoms with E-state index < -0.39 is 0 Å². The van der Waals surface area contributed by atoms with Crippen LogP contribution >= 0.6 is 11.3 Å². The van der Waals surface area contributed by atoms with E-state index >= 15 is 0 Å². The molecule has 1 fully saturated rings. The summed E-state index contributed by atoms with van der Waals surface area (Å²) in [5.41, 5.74) is 1.15. The first-order chi connectivity index (χ1) is 13.3. The lowest BCUT2D eigenvalue weighted by Gasteiger charge is -2.31. The van der Waals surface area contributed by atoms with Crippen molar-refractivity contribution < 1.29 is 4.79 Å². The van der Waals surface area contributed by atoms with Crippen LogP contribution < -0.4 is 0 Å². The average Bonchev–Trinajstić information content (AvgIpc) is 3.39. The fourth-order valence-corrected chi connectivity index (χ4v) is 4.18. The van der Waals surface area contributed by atoms with E-state index in [4.69, 9.17) is 0 Å². The Hall–Kier alpha value is -2.66. The summed E-state index contributed by atoms with van der Waals surface area (Å²) in [6.07, 6.45) is 9.61. The van der Waals surface area contributed by atoms with Gasteiger partial charge in [0.1, 0.15) is 5.82 Å². The largest absolute Gasteiger partial charge is 0.339 e. The molecule has 1 aliphatic heterocycles. The van der Waals surface area contributed by atoms with Crippen LogP contribution in [0.2, 0.25) is 0 Å². The summed E-state index contributed by atoms with van der Waals surface area (Å²) < 4.78 is 2.24. The van der Waals surface area contributed by atoms with Crippen LogP contribution in [0.15, 0.2) is 66.3 Å². The van der Waals surface area contributed by atoms with Crippen LogP contribution in [-0.4, -0.2) is 33.4 Å². The summed E-state index contributed by atoms with van der Waals surface area (Å²) in [5.74, 6) is 1.72. The smallest absolute Gasteiger partial charge is 0.246 e. The Bertz CT molecular complexity index is 891. The normalized spacial score (nSPS) is 15.5. The van der Waals surface area contributed by atoms with Crippen LogP contribution in [0.3, 0.4) is 0 Å². The minimum atomic E-state index is 0.120. The zero-order valence-electron chi connectivity index (χ0n) is 15.2. The van der Waals surface area contributed by atoms with Gasteiger partial charge in [-0.25, -0.2) is 4.98 Å². The van der Waals surface area contributed by atoms with Gasteiger partial charge in [0.15, 0.2) is 0 Å². The van der Waals surface area contributed by atoms with Crippen molar-refractivity contribution in [1.82, 2.24) is 14.5 Å². The molecule has 0 unspecified atom stereocenters. The minimum Gasteiger partial charge on any atom is -0.339 e. The first-order valence-electron chi connectivity index (χ1n) is 9.36. The molecule has 0 aliphatic carbocycles. The fraction of sp³-hybridized carbons (Fsp3) is 0.273. The molecule has 4 nitrogen and oxygen atoms in total. The van der Waals surface area contributed by atoms with Gasteiger partial charge in [0.2, 0.25) is 5.91 Å². The number of aromatic nitrogens is 2. The molecule has 1 aromatic carbocycles. The molecule has 0 saturated carbocycles. The van der Waals surface area contributed by atoms with Gasteiger partial charge in [0.25, 0.3) is 0 Å². The van der Waals surface area contributed by atoms with Gasteiger partial charge in [0, 0.05) is 48.5 Å². The summed E-state index contributed by atoms with van der Waals surface area (Å²) in [6.45, 7) is 2.61. The van der Waals surface area contributed by atoms with E-state index in [0.717, 1.165) is 48.7 Å². The fourth-order valence-electron chi connectivity index (χ4n) is 3.56. The predicted octanol–water partition coefficient (Wildman–Crippen LogP) is 4.56. The van der Waals surface area contributed by atoms with Crippen molar-refractivity contribution in [3.8, 4) is 11.4 Å². The third-order valence-electron chi connectivity index (χ3n) is 5.06. The molecule has 0 bridgehead atoms. The SMILES string of the molecule is O=C(C=Cc1cccs1)N1CCC(Cn2ccnc2-c2ccccc2)CC1. The Balaban J connectivity index is 1.33. The van der Waals surface area contributed by atoms with Crippen molar-refractivity contribution >= 4 is 23.3 Å². The van der Waals surface area contributed by atoms with Gasteiger partial charge in [-0.05, 0) is 36.3 Å². The van der Waals surface area contributed by atoms with Crippen LogP contribution in [0.25, 0.3) is 17.5 Å². The van der Waals surface area contributed by atoms with E-state index in [2.05, 4.69) is 27.9 Å². The van der Waals surface area contributed by atoms with Gasteiger partial charge in [-0.2, -0.15) is 0 Å². The molecule has 1 saturated heterocycles. The second kappa shape index (κ2) is 8.35.